The Balaban J connectivity index is 1.32. The first-order valence-electron chi connectivity index (χ1n) is 13.5. The van der Waals surface area contributed by atoms with Crippen molar-refractivity contribution >= 4 is 16.6 Å². The van der Waals surface area contributed by atoms with Gasteiger partial charge in [0.1, 0.15) is 18.5 Å². The molecule has 0 radical (unpaired) electrons. The first-order chi connectivity index (χ1) is 18.6. The van der Waals surface area contributed by atoms with E-state index in [1.807, 2.05) is 69.3 Å². The summed E-state index contributed by atoms with van der Waals surface area (Å²) in [6.07, 6.45) is 16.1. The number of hydrogen-bond acceptors (Lipinski definition) is 4. The van der Waals surface area contributed by atoms with E-state index in [1.54, 1.807) is 6.08 Å². The maximum absolute atomic E-state index is 6.42. The molecule has 198 valence electrons. The van der Waals surface area contributed by atoms with Gasteiger partial charge in [-0.15, -0.1) is 0 Å². The molecule has 0 spiro atoms. The van der Waals surface area contributed by atoms with Gasteiger partial charge < -0.3 is 14.5 Å². The maximum Gasteiger partial charge on any atom is 0.161 e. The quantitative estimate of drug-likeness (QED) is 0.270. The topological polar surface area (TPSA) is 50.4 Å². The summed E-state index contributed by atoms with van der Waals surface area (Å²) in [6, 6.07) is 14.5. The fourth-order valence-corrected chi connectivity index (χ4v) is 4.65. The molecule has 1 aliphatic heterocycles. The van der Waals surface area contributed by atoms with E-state index in [0.717, 1.165) is 72.0 Å². The Bertz CT molecular complexity index is 1340. The van der Waals surface area contributed by atoms with Crippen LogP contribution in [0.1, 0.15) is 45.0 Å². The fraction of sp³-hybridized carbons (Fsp3) is 0.303. The van der Waals surface area contributed by atoms with Crippen molar-refractivity contribution in [2.24, 2.45) is 0 Å². The van der Waals surface area contributed by atoms with Crippen LogP contribution in [-0.2, 0) is 6.54 Å². The third-order valence-electron chi connectivity index (χ3n) is 6.77. The van der Waals surface area contributed by atoms with Crippen LogP contribution in [0.3, 0.4) is 0 Å². The molecule has 1 aliphatic rings. The number of aromatic nitrogens is 2. The number of imidazole rings is 1. The molecule has 38 heavy (non-hydrogen) atoms. The maximum atomic E-state index is 6.42. The average Bonchev–Trinajstić information content (AvgIpc) is 3.37. The second-order valence-corrected chi connectivity index (χ2v) is 9.47. The highest BCUT2D eigenvalue weighted by atomic mass is 16.5. The summed E-state index contributed by atoms with van der Waals surface area (Å²) in [5.41, 5.74) is 5.57. The van der Waals surface area contributed by atoms with E-state index in [2.05, 4.69) is 46.8 Å². The molecule has 1 aromatic heterocycles. The van der Waals surface area contributed by atoms with Gasteiger partial charge >= 0.3 is 0 Å². The highest BCUT2D eigenvalue weighted by Crippen LogP contribution is 2.30. The summed E-state index contributed by atoms with van der Waals surface area (Å²) in [7, 11) is 0. The number of nitrogens with one attached hydrogen (secondary N) is 1. The molecule has 5 heteroatoms. The molecule has 0 unspecified atom stereocenters. The molecular weight excluding hydrogens is 470 g/mol. The number of H-pyrrole nitrogens is 1. The van der Waals surface area contributed by atoms with Crippen molar-refractivity contribution in [3.05, 3.63) is 109 Å². The first-order valence-corrected chi connectivity index (χ1v) is 13.5. The van der Waals surface area contributed by atoms with Gasteiger partial charge in [-0.1, -0.05) is 67.3 Å². The van der Waals surface area contributed by atoms with Crippen LogP contribution in [-0.4, -0.2) is 40.7 Å². The van der Waals surface area contributed by atoms with Crippen molar-refractivity contribution in [2.45, 2.75) is 46.3 Å². The lowest BCUT2D eigenvalue weighted by molar-refractivity contribution is 0.0938. The number of para-hydroxylation sites is 2. The molecule has 4 rings (SSSR count). The first kappa shape index (κ1) is 27.2. The van der Waals surface area contributed by atoms with E-state index >= 15 is 0 Å². The highest BCUT2D eigenvalue weighted by molar-refractivity contribution is 5.81. The second kappa shape index (κ2) is 13.6. The van der Waals surface area contributed by atoms with Crippen LogP contribution in [0.5, 0.6) is 11.5 Å². The van der Waals surface area contributed by atoms with Crippen LogP contribution in [0.4, 0.5) is 0 Å². The molecule has 0 aliphatic carbocycles. The summed E-state index contributed by atoms with van der Waals surface area (Å²) in [6.45, 7) is 13.2. The average molecular weight is 510 g/mol. The minimum atomic E-state index is 0.182. The fourth-order valence-electron chi connectivity index (χ4n) is 4.65. The molecule has 1 N–H and O–H groups in total. The third-order valence-corrected chi connectivity index (χ3v) is 6.77. The molecular formula is C33H39N3O2. The Morgan fingerprint density at radius 1 is 1.05 bits per heavy atom. The molecule has 0 bridgehead atoms. The largest absolute Gasteiger partial charge is 0.486 e. The van der Waals surface area contributed by atoms with Crippen molar-refractivity contribution in [3.63, 3.8) is 0 Å². The van der Waals surface area contributed by atoms with Crippen molar-refractivity contribution < 1.29 is 9.47 Å². The number of hydrogen-bond donors (Lipinski definition) is 1. The molecule has 2 heterocycles. The lowest BCUT2D eigenvalue weighted by Crippen LogP contribution is -2.37. The highest BCUT2D eigenvalue weighted by Gasteiger charge is 2.22. The van der Waals surface area contributed by atoms with Gasteiger partial charge in [-0.05, 0) is 69.0 Å². The van der Waals surface area contributed by atoms with Crippen molar-refractivity contribution in [1.82, 2.24) is 14.9 Å². The standard InChI is InChI=1S/C33H39N3O2/c1-5-9-13-25(7-3)24-37-31-14-10-11-15-32(31)38-28-18-20-36(21-19-28)23-26-16-17-29-30(22-26)35-33(34-29)27(8-4)12-6-2/h5-17,22,28H,1,18-21,23-24H2,2-4H3,(H,34,35)/b12-6-,13-9-,25-7+,27-8+. The monoisotopic (exact) mass is 509 g/mol. The molecule has 2 aromatic carbocycles. The van der Waals surface area contributed by atoms with Gasteiger partial charge in [0, 0.05) is 25.2 Å². The minimum absolute atomic E-state index is 0.182. The number of rotatable bonds is 11. The smallest absolute Gasteiger partial charge is 0.161 e. The van der Waals surface area contributed by atoms with Crippen LogP contribution in [0.15, 0.2) is 97.1 Å². The lowest BCUT2D eigenvalue weighted by Gasteiger charge is -2.32. The summed E-state index contributed by atoms with van der Waals surface area (Å²) in [4.78, 5) is 10.8. The summed E-state index contributed by atoms with van der Waals surface area (Å²) in [5, 5.41) is 0. The van der Waals surface area contributed by atoms with Gasteiger partial charge in [-0.2, -0.15) is 0 Å². The van der Waals surface area contributed by atoms with E-state index in [9.17, 15) is 0 Å². The summed E-state index contributed by atoms with van der Waals surface area (Å²) < 4.78 is 12.5. The SMILES string of the molecule is C=C/C=C\C(=C/C)COc1ccccc1OC1CCN(Cc2ccc3nc(C(/C=C\C)=C/C)[nH]c3c2)CC1. The number of piperidine rings is 1. The zero-order chi connectivity index (χ0) is 26.7. The Hall–Kier alpha value is -3.83. The number of ether oxygens (including phenoxy) is 2. The minimum Gasteiger partial charge on any atom is -0.486 e. The van der Waals surface area contributed by atoms with Crippen LogP contribution < -0.4 is 9.47 Å². The van der Waals surface area contributed by atoms with Crippen LogP contribution >= 0.6 is 0 Å². The lowest BCUT2D eigenvalue weighted by atomic mass is 10.1. The molecule has 0 amide bonds. The molecule has 5 nitrogen and oxygen atoms in total. The van der Waals surface area contributed by atoms with Crippen molar-refractivity contribution in [1.29, 1.82) is 0 Å². The van der Waals surface area contributed by atoms with E-state index < -0.39 is 0 Å². The second-order valence-electron chi connectivity index (χ2n) is 9.47. The van der Waals surface area contributed by atoms with Crippen LogP contribution in [0, 0.1) is 0 Å². The Morgan fingerprint density at radius 2 is 1.84 bits per heavy atom. The predicted octanol–water partition coefficient (Wildman–Crippen LogP) is 7.65. The van der Waals surface area contributed by atoms with Gasteiger partial charge in [0.25, 0.3) is 0 Å². The Morgan fingerprint density at radius 3 is 2.55 bits per heavy atom. The number of fused-ring (bicyclic) bond motifs is 1. The van der Waals surface area contributed by atoms with E-state index in [1.165, 1.54) is 5.56 Å². The van der Waals surface area contributed by atoms with Gasteiger partial charge in [-0.25, -0.2) is 4.98 Å². The van der Waals surface area contributed by atoms with Crippen LogP contribution in [0.2, 0.25) is 0 Å². The van der Waals surface area contributed by atoms with Gasteiger partial charge in [0.15, 0.2) is 11.5 Å². The Kier molecular flexibility index (Phi) is 9.77. The van der Waals surface area contributed by atoms with Gasteiger partial charge in [0.05, 0.1) is 11.0 Å². The molecule has 1 saturated heterocycles. The third kappa shape index (κ3) is 7.14. The van der Waals surface area contributed by atoms with E-state index in [0.29, 0.717) is 6.61 Å². The zero-order valence-electron chi connectivity index (χ0n) is 22.8. The van der Waals surface area contributed by atoms with Crippen molar-refractivity contribution in [2.75, 3.05) is 19.7 Å². The van der Waals surface area contributed by atoms with Gasteiger partial charge in [0.2, 0.25) is 0 Å². The number of nitrogens with zero attached hydrogens (tertiary/aromatic N) is 2. The zero-order valence-corrected chi connectivity index (χ0v) is 22.8. The molecule has 0 atom stereocenters. The molecule has 1 fully saturated rings. The number of allylic oxidation sites excluding steroid dienone is 7. The number of benzene rings is 2. The van der Waals surface area contributed by atoms with Gasteiger partial charge in [-0.3, -0.25) is 4.90 Å². The van der Waals surface area contributed by atoms with E-state index in [-0.39, 0.29) is 6.10 Å². The summed E-state index contributed by atoms with van der Waals surface area (Å²) in [5.74, 6) is 2.51. The number of likely N-dealkylation sites (tertiary alicyclic amines) is 1. The number of aromatic amines is 1. The molecule has 0 saturated carbocycles. The van der Waals surface area contributed by atoms with E-state index in [4.69, 9.17) is 14.5 Å². The Labute approximate surface area is 226 Å². The molecule has 3 aromatic rings. The van der Waals surface area contributed by atoms with Crippen LogP contribution in [0.25, 0.3) is 16.6 Å². The normalized spacial score (nSPS) is 16.1. The predicted molar refractivity (Wildman–Crippen MR) is 159 cm³/mol. The van der Waals surface area contributed by atoms with Crippen molar-refractivity contribution in [3.8, 4) is 11.5 Å². The summed E-state index contributed by atoms with van der Waals surface area (Å²) >= 11 is 0.